The minimum Gasteiger partial charge on any atom is -0.493 e. The Hall–Kier alpha value is -3.53. The van der Waals surface area contributed by atoms with Crippen LogP contribution in [-0.2, 0) is 14.8 Å². The van der Waals surface area contributed by atoms with E-state index < -0.39 is 22.0 Å². The summed E-state index contributed by atoms with van der Waals surface area (Å²) < 4.78 is 38.4. The molecule has 2 rings (SSSR count). The van der Waals surface area contributed by atoms with Crippen LogP contribution >= 0.6 is 0 Å². The Balaban J connectivity index is 2.62. The molecule has 0 bridgehead atoms. The molecule has 28 heavy (non-hydrogen) atoms. The highest BCUT2D eigenvalue weighted by Gasteiger charge is 2.25. The van der Waals surface area contributed by atoms with E-state index in [4.69, 9.17) is 14.6 Å². The normalized spacial score (nSPS) is 11.2. The summed E-state index contributed by atoms with van der Waals surface area (Å²) in [5.41, 5.74) is -0.145. The molecule has 2 aromatic carbocycles. The van der Waals surface area contributed by atoms with Gasteiger partial charge in [0.15, 0.2) is 11.5 Å². The number of hydrogen-bond acceptors (Lipinski definition) is 6. The molecule has 0 aliphatic carbocycles. The third-order valence-electron chi connectivity index (χ3n) is 3.58. The van der Waals surface area contributed by atoms with Crippen LogP contribution in [-0.4, -0.2) is 44.8 Å². The highest BCUT2D eigenvalue weighted by Crippen LogP contribution is 2.37. The molecule has 0 aliphatic heterocycles. The fourth-order valence-corrected chi connectivity index (χ4v) is 3.67. The van der Waals surface area contributed by atoms with Crippen molar-refractivity contribution in [2.75, 3.05) is 18.9 Å². The van der Waals surface area contributed by atoms with Gasteiger partial charge in [-0.15, -0.1) is 0 Å². The van der Waals surface area contributed by atoms with Crippen molar-refractivity contribution < 1.29 is 37.7 Å². The van der Waals surface area contributed by atoms with Crippen molar-refractivity contribution in [1.29, 1.82) is 0 Å². The number of nitrogens with one attached hydrogen (secondary N) is 1. The number of aliphatic carboxylic acids is 1. The molecule has 0 unspecified atom stereocenters. The first-order chi connectivity index (χ1) is 13.2. The summed E-state index contributed by atoms with van der Waals surface area (Å²) in [7, 11) is -1.76. The minimum atomic E-state index is -4.31. The van der Waals surface area contributed by atoms with Gasteiger partial charge in [-0.05, 0) is 35.9 Å². The number of sulfonamides is 1. The average molecular weight is 407 g/mol. The first-order valence-electron chi connectivity index (χ1n) is 7.71. The highest BCUT2D eigenvalue weighted by molar-refractivity contribution is 7.92. The van der Waals surface area contributed by atoms with Gasteiger partial charge in [0.2, 0.25) is 0 Å². The first kappa shape index (κ1) is 20.8. The van der Waals surface area contributed by atoms with E-state index in [1.54, 1.807) is 0 Å². The third kappa shape index (κ3) is 4.60. The van der Waals surface area contributed by atoms with Crippen LogP contribution in [0.25, 0.3) is 6.08 Å². The number of para-hydroxylation sites is 1. The smallest absolute Gasteiger partial charge is 0.337 e. The summed E-state index contributed by atoms with van der Waals surface area (Å²) in [4.78, 5) is 21.7. The number of hydrogen-bond donors (Lipinski definition) is 3. The number of rotatable bonds is 8. The van der Waals surface area contributed by atoms with Crippen LogP contribution in [0.3, 0.4) is 0 Å². The second-order valence-corrected chi connectivity index (χ2v) is 7.03. The maximum Gasteiger partial charge on any atom is 0.337 e. The van der Waals surface area contributed by atoms with Gasteiger partial charge >= 0.3 is 11.9 Å². The van der Waals surface area contributed by atoms with Crippen LogP contribution in [0, 0.1) is 0 Å². The summed E-state index contributed by atoms with van der Waals surface area (Å²) in [5.74, 6) is -2.58. The van der Waals surface area contributed by atoms with E-state index in [-0.39, 0.29) is 33.2 Å². The Morgan fingerprint density at radius 3 is 2.32 bits per heavy atom. The summed E-state index contributed by atoms with van der Waals surface area (Å²) in [5, 5.41) is 18.0. The summed E-state index contributed by atoms with van der Waals surface area (Å²) in [6.45, 7) is 0. The Kier molecular flexibility index (Phi) is 6.26. The van der Waals surface area contributed by atoms with Gasteiger partial charge < -0.3 is 19.7 Å². The van der Waals surface area contributed by atoms with Crippen LogP contribution in [0.2, 0.25) is 0 Å². The van der Waals surface area contributed by atoms with Gasteiger partial charge in [-0.25, -0.2) is 18.0 Å². The second kappa shape index (κ2) is 8.44. The predicted molar refractivity (Wildman–Crippen MR) is 100 cm³/mol. The van der Waals surface area contributed by atoms with Crippen molar-refractivity contribution in [2.24, 2.45) is 0 Å². The maximum absolute atomic E-state index is 12.9. The zero-order chi connectivity index (χ0) is 20.9. The third-order valence-corrected chi connectivity index (χ3v) is 4.95. The molecule has 0 fully saturated rings. The van der Waals surface area contributed by atoms with Gasteiger partial charge in [0.05, 0.1) is 25.5 Å². The summed E-state index contributed by atoms with van der Waals surface area (Å²) in [6.07, 6.45) is 2.03. The zero-order valence-electron chi connectivity index (χ0n) is 14.9. The van der Waals surface area contributed by atoms with Crippen molar-refractivity contribution in [3.05, 3.63) is 53.6 Å². The number of methoxy groups -OCH3 is 2. The lowest BCUT2D eigenvalue weighted by atomic mass is 10.2. The van der Waals surface area contributed by atoms with Crippen molar-refractivity contribution in [1.82, 2.24) is 0 Å². The Morgan fingerprint density at radius 2 is 1.75 bits per heavy atom. The van der Waals surface area contributed by atoms with Crippen molar-refractivity contribution in [3.63, 3.8) is 0 Å². The number of carboxylic acids is 2. The number of anilines is 1. The van der Waals surface area contributed by atoms with Crippen LogP contribution in [0.15, 0.2) is 47.4 Å². The number of ether oxygens (including phenoxy) is 2. The molecular weight excluding hydrogens is 390 g/mol. The van der Waals surface area contributed by atoms with Gasteiger partial charge in [0.1, 0.15) is 4.90 Å². The molecule has 9 nitrogen and oxygen atoms in total. The van der Waals surface area contributed by atoms with E-state index in [0.717, 1.165) is 6.08 Å². The van der Waals surface area contributed by atoms with Crippen LogP contribution < -0.4 is 14.2 Å². The van der Waals surface area contributed by atoms with Gasteiger partial charge in [-0.2, -0.15) is 0 Å². The van der Waals surface area contributed by atoms with Gasteiger partial charge in [-0.3, -0.25) is 4.72 Å². The van der Waals surface area contributed by atoms with E-state index in [1.807, 2.05) is 0 Å². The van der Waals surface area contributed by atoms with Crippen LogP contribution in [0.4, 0.5) is 5.69 Å². The SMILES string of the molecule is COc1cc(/C=C\C(=O)O)cc(S(=O)(=O)Nc2ccccc2C(=O)O)c1OC. The highest BCUT2D eigenvalue weighted by atomic mass is 32.2. The van der Waals surface area contributed by atoms with E-state index >= 15 is 0 Å². The topological polar surface area (TPSA) is 139 Å². The molecule has 0 amide bonds. The fourth-order valence-electron chi connectivity index (χ4n) is 2.37. The minimum absolute atomic E-state index is 0.0573. The lowest BCUT2D eigenvalue weighted by molar-refractivity contribution is -0.131. The van der Waals surface area contributed by atoms with E-state index in [2.05, 4.69) is 4.72 Å². The summed E-state index contributed by atoms with van der Waals surface area (Å²) >= 11 is 0. The molecule has 0 atom stereocenters. The number of aromatic carboxylic acids is 1. The number of benzene rings is 2. The molecule has 3 N–H and O–H groups in total. The average Bonchev–Trinajstić information content (AvgIpc) is 2.65. The van der Waals surface area contributed by atoms with Crippen molar-refractivity contribution >= 4 is 33.7 Å². The molecule has 148 valence electrons. The van der Waals surface area contributed by atoms with Gasteiger partial charge in [-0.1, -0.05) is 12.1 Å². The largest absolute Gasteiger partial charge is 0.493 e. The molecule has 0 saturated carbocycles. The van der Waals surface area contributed by atoms with Gasteiger partial charge in [0.25, 0.3) is 10.0 Å². The second-order valence-electron chi connectivity index (χ2n) is 5.38. The van der Waals surface area contributed by atoms with Crippen molar-refractivity contribution in [2.45, 2.75) is 4.90 Å². The lowest BCUT2D eigenvalue weighted by Crippen LogP contribution is -2.17. The monoisotopic (exact) mass is 407 g/mol. The van der Waals surface area contributed by atoms with E-state index in [0.29, 0.717) is 0 Å². The molecule has 10 heteroatoms. The summed E-state index contributed by atoms with van der Waals surface area (Å²) in [6, 6.07) is 8.09. The lowest BCUT2D eigenvalue weighted by Gasteiger charge is -2.16. The Bertz CT molecular complexity index is 1040. The molecule has 0 radical (unpaired) electrons. The predicted octanol–water partition coefficient (Wildman–Crippen LogP) is 2.30. The molecular formula is C18H17NO8S. The molecule has 0 aliphatic rings. The van der Waals surface area contributed by atoms with Crippen LogP contribution in [0.5, 0.6) is 11.5 Å². The Morgan fingerprint density at radius 1 is 1.07 bits per heavy atom. The molecule has 0 saturated heterocycles. The first-order valence-corrected chi connectivity index (χ1v) is 9.20. The Labute approximate surface area is 160 Å². The maximum atomic E-state index is 12.9. The molecule has 0 spiro atoms. The quantitative estimate of drug-likeness (QED) is 0.567. The van der Waals surface area contributed by atoms with Crippen LogP contribution in [0.1, 0.15) is 15.9 Å². The fraction of sp³-hybridized carbons (Fsp3) is 0.111. The van der Waals surface area contributed by atoms with E-state index in [1.165, 1.54) is 56.7 Å². The van der Waals surface area contributed by atoms with Crippen molar-refractivity contribution in [3.8, 4) is 11.5 Å². The standard InChI is InChI=1S/C18H17NO8S/c1-26-14-9-11(7-8-16(20)21)10-15(17(14)27-2)28(24,25)19-13-6-4-3-5-12(13)18(22)23/h3-10,19H,1-2H3,(H,20,21)(H,22,23)/b8-7-. The zero-order valence-corrected chi connectivity index (χ0v) is 15.7. The number of carbonyl (C=O) groups is 2. The van der Waals surface area contributed by atoms with Gasteiger partial charge in [0, 0.05) is 6.08 Å². The number of carboxylic acid groups (broad SMARTS) is 2. The molecule has 0 heterocycles. The van der Waals surface area contributed by atoms with E-state index in [9.17, 15) is 23.1 Å². The molecule has 0 aromatic heterocycles. The molecule has 2 aromatic rings.